The number of nitrogens with zero attached hydrogens (tertiary/aromatic N) is 5. The van der Waals surface area contributed by atoms with E-state index in [1.165, 1.54) is 5.01 Å². The normalized spacial score (nSPS) is 22.9. The molecule has 0 radical (unpaired) electrons. The van der Waals surface area contributed by atoms with Gasteiger partial charge in [-0.2, -0.15) is 0 Å². The lowest BCUT2D eigenvalue weighted by Crippen LogP contribution is -2.62. The van der Waals surface area contributed by atoms with E-state index in [1.54, 1.807) is 11.0 Å². The summed E-state index contributed by atoms with van der Waals surface area (Å²) < 4.78 is 29.2. The number of fused-ring (bicyclic) bond motifs is 6. The van der Waals surface area contributed by atoms with Crippen LogP contribution in [0.2, 0.25) is 0 Å². The molecule has 3 saturated heterocycles. The van der Waals surface area contributed by atoms with E-state index in [4.69, 9.17) is 14.5 Å². The van der Waals surface area contributed by atoms with Crippen molar-refractivity contribution in [1.29, 1.82) is 0 Å². The van der Waals surface area contributed by atoms with E-state index in [2.05, 4.69) is 79.1 Å². The highest BCUT2D eigenvalue weighted by Gasteiger charge is 2.49. The van der Waals surface area contributed by atoms with Crippen molar-refractivity contribution in [2.75, 3.05) is 39.3 Å². The lowest BCUT2D eigenvalue weighted by molar-refractivity contribution is -0.155. The Morgan fingerprint density at radius 1 is 1.00 bits per heavy atom. The maximum Gasteiger partial charge on any atom is 0.410 e. The maximum absolute atomic E-state index is 15.0. The zero-order valence-electron chi connectivity index (χ0n) is 42.5. The van der Waals surface area contributed by atoms with Gasteiger partial charge in [-0.05, 0) is 136 Å². The van der Waals surface area contributed by atoms with E-state index in [-0.39, 0.29) is 48.2 Å². The number of cyclic esters (lactones) is 1. The molecule has 0 saturated carbocycles. The zero-order chi connectivity index (χ0) is 49.6. The maximum atomic E-state index is 15.0. The number of hydrazine groups is 1. The number of rotatable bonds is 8. The minimum atomic E-state index is -1.04. The molecule has 3 fully saturated rings. The second kappa shape index (κ2) is 19.8. The van der Waals surface area contributed by atoms with Crippen molar-refractivity contribution in [2.24, 2.45) is 16.7 Å². The van der Waals surface area contributed by atoms with Crippen LogP contribution in [0.25, 0.3) is 33.3 Å². The van der Waals surface area contributed by atoms with Gasteiger partial charge in [0.15, 0.2) is 0 Å². The number of hydrogen-bond donors (Lipinski definition) is 2. The summed E-state index contributed by atoms with van der Waals surface area (Å²) in [6.07, 6.45) is 4.89. The number of esters is 1. The molecule has 8 rings (SSSR count). The highest BCUT2D eigenvalue weighted by molar-refractivity contribution is 5.96. The van der Waals surface area contributed by atoms with Crippen molar-refractivity contribution in [3.63, 3.8) is 0 Å². The first-order chi connectivity index (χ1) is 32.7. The van der Waals surface area contributed by atoms with Crippen molar-refractivity contribution < 1.29 is 33.0 Å². The third kappa shape index (κ3) is 10.7. The first kappa shape index (κ1) is 50.1. The van der Waals surface area contributed by atoms with Crippen LogP contribution in [0, 0.1) is 16.7 Å². The molecule has 6 heterocycles. The van der Waals surface area contributed by atoms with E-state index < -0.39 is 41.8 Å². The Balaban J connectivity index is 1.17. The number of alkyl halides is 1. The number of amides is 3. The van der Waals surface area contributed by atoms with Gasteiger partial charge in [-0.3, -0.25) is 29.3 Å². The van der Waals surface area contributed by atoms with Crippen LogP contribution in [-0.2, 0) is 49.9 Å². The summed E-state index contributed by atoms with van der Waals surface area (Å²) in [5.74, 6) is -1.02. The number of benzene rings is 2. The van der Waals surface area contributed by atoms with Crippen molar-refractivity contribution in [3.05, 3.63) is 77.1 Å². The Labute approximate surface area is 407 Å². The van der Waals surface area contributed by atoms with Gasteiger partial charge in [0, 0.05) is 72.6 Å². The smallest absolute Gasteiger partial charge is 0.410 e. The van der Waals surface area contributed by atoms with Gasteiger partial charge >= 0.3 is 12.1 Å². The molecule has 2 N–H and O–H groups in total. The number of aryl methyl sites for hydroxylation is 1. The topological polar surface area (TPSA) is 138 Å². The summed E-state index contributed by atoms with van der Waals surface area (Å²) >= 11 is 0. The molecule has 14 heteroatoms. The van der Waals surface area contributed by atoms with Gasteiger partial charge in [-0.1, -0.05) is 59.7 Å². The second-order valence-electron chi connectivity index (χ2n) is 22.7. The minimum absolute atomic E-state index is 0.0926. The van der Waals surface area contributed by atoms with Crippen LogP contribution in [-0.4, -0.2) is 111 Å². The number of likely N-dealkylation sites (tertiary alicyclic amines) is 2. The summed E-state index contributed by atoms with van der Waals surface area (Å²) in [7, 11) is 0. The highest BCUT2D eigenvalue weighted by atomic mass is 19.1. The van der Waals surface area contributed by atoms with Gasteiger partial charge in [0.1, 0.15) is 24.4 Å². The summed E-state index contributed by atoms with van der Waals surface area (Å²) in [6, 6.07) is 13.8. The third-order valence-electron chi connectivity index (χ3n) is 14.6. The number of aromatic nitrogens is 2. The van der Waals surface area contributed by atoms with Crippen LogP contribution in [0.15, 0.2) is 54.7 Å². The van der Waals surface area contributed by atoms with Crippen LogP contribution in [0.3, 0.4) is 0 Å². The summed E-state index contributed by atoms with van der Waals surface area (Å²) in [5.41, 5.74) is 10.2. The summed E-state index contributed by atoms with van der Waals surface area (Å²) in [6.45, 7) is 23.3. The zero-order valence-corrected chi connectivity index (χ0v) is 42.5. The van der Waals surface area contributed by atoms with Crippen molar-refractivity contribution >= 4 is 34.8 Å². The number of carbonyl (C=O) groups is 4. The molecule has 6 bridgehead atoms. The van der Waals surface area contributed by atoms with Crippen LogP contribution in [0.5, 0.6) is 0 Å². The first-order valence-electron chi connectivity index (χ1n) is 25.2. The number of hydrogen-bond acceptors (Lipinski definition) is 9. The summed E-state index contributed by atoms with van der Waals surface area (Å²) in [4.78, 5) is 65.7. The average molecular weight is 948 g/mol. The van der Waals surface area contributed by atoms with Gasteiger partial charge < -0.3 is 24.3 Å². The molecular weight excluding hydrogens is 874 g/mol. The lowest BCUT2D eigenvalue weighted by Gasteiger charge is -2.37. The van der Waals surface area contributed by atoms with Gasteiger partial charge in [-0.15, -0.1) is 0 Å². The molecular formula is C55H74FN7O6. The average Bonchev–Trinajstić information content (AvgIpc) is 4.01. The third-order valence-corrected chi connectivity index (χ3v) is 14.6. The molecule has 4 aliphatic heterocycles. The first-order valence-corrected chi connectivity index (χ1v) is 25.2. The van der Waals surface area contributed by atoms with Gasteiger partial charge in [0.25, 0.3) is 5.91 Å². The fourth-order valence-electron chi connectivity index (χ4n) is 11.4. The fourth-order valence-corrected chi connectivity index (χ4v) is 11.4. The van der Waals surface area contributed by atoms with Gasteiger partial charge in [0.05, 0.1) is 24.0 Å². The molecule has 3 amide bonds. The van der Waals surface area contributed by atoms with Crippen LogP contribution in [0.1, 0.15) is 123 Å². The van der Waals surface area contributed by atoms with Crippen LogP contribution in [0.4, 0.5) is 9.18 Å². The van der Waals surface area contributed by atoms with Crippen molar-refractivity contribution in [3.8, 4) is 22.4 Å². The van der Waals surface area contributed by atoms with E-state index in [9.17, 15) is 19.2 Å². The predicted octanol–water partition coefficient (Wildman–Crippen LogP) is 8.99. The lowest BCUT2D eigenvalue weighted by atomic mass is 9.83. The number of pyridine rings is 1. The largest absolute Gasteiger partial charge is 0.464 e. The van der Waals surface area contributed by atoms with E-state index in [1.807, 2.05) is 59.0 Å². The summed E-state index contributed by atoms with van der Waals surface area (Å²) in [5, 5.41) is 5.72. The quantitative estimate of drug-likeness (QED) is 0.166. The number of nitrogens with one attached hydrogen (secondary N) is 2. The molecule has 1 spiro atoms. The highest BCUT2D eigenvalue weighted by Crippen LogP contribution is 2.43. The van der Waals surface area contributed by atoms with E-state index in [0.717, 1.165) is 57.4 Å². The standard InChI is InChI=1S/C55H74FN7O6/c1-11-62-45-17-16-38-28-41(45)42(48(62)40-14-12-20-57-46(40)34(2)3)29-54(9,10)33-68-51(66)43-15-13-21-63(59-43)50(65)44(27-36-24-37(30-56)26-39(38)25-36)58-49(64)47(35(4)5)60-22-18-55(31-60)19-23-61(32-55)52(67)69-53(6,7)8/h12,14,16-17,20,24-26,28,34-35,43-44,47,59H,11,13,15,18-19,21-23,27,29-33H2,1-10H3,(H,58,64)/t43-,44-,47-,55-/m0/s1. The molecule has 0 unspecified atom stereocenters. The van der Waals surface area contributed by atoms with Crippen molar-refractivity contribution in [1.82, 2.24) is 35.1 Å². The van der Waals surface area contributed by atoms with Crippen LogP contribution >= 0.6 is 0 Å². The molecule has 4 aliphatic rings. The Kier molecular flexibility index (Phi) is 14.4. The second-order valence-corrected chi connectivity index (χ2v) is 22.7. The minimum Gasteiger partial charge on any atom is -0.464 e. The molecule has 2 aromatic carbocycles. The number of carbonyl (C=O) groups excluding carboxylic acids is 4. The Morgan fingerprint density at radius 3 is 2.48 bits per heavy atom. The van der Waals surface area contributed by atoms with Crippen molar-refractivity contribution in [2.45, 2.75) is 151 Å². The van der Waals surface area contributed by atoms with E-state index in [0.29, 0.717) is 69.7 Å². The molecule has 4 atom stereocenters. The number of halogens is 1. The van der Waals surface area contributed by atoms with Gasteiger partial charge in [0.2, 0.25) is 5.91 Å². The molecule has 0 aliphatic carbocycles. The number of ether oxygens (including phenoxy) is 2. The predicted molar refractivity (Wildman–Crippen MR) is 267 cm³/mol. The fraction of sp³-hybridized carbons (Fsp3) is 0.582. The monoisotopic (exact) mass is 948 g/mol. The molecule has 4 aromatic rings. The van der Waals surface area contributed by atoms with Crippen LogP contribution < -0.4 is 10.7 Å². The molecule has 69 heavy (non-hydrogen) atoms. The molecule has 13 nitrogen and oxygen atoms in total. The van der Waals surface area contributed by atoms with E-state index >= 15 is 4.39 Å². The Bertz CT molecular complexity index is 2580. The van der Waals surface area contributed by atoms with Gasteiger partial charge in [-0.25, -0.2) is 14.6 Å². The molecule has 372 valence electrons. The Morgan fingerprint density at radius 2 is 1.77 bits per heavy atom. The SMILES string of the molecule is CCn1c(-c2cccnc2C(C)C)c2c3cc(ccc31)-c1cc(CF)cc(c1)C[C@H](NC(=O)[C@H](C(C)C)N1CC[C@]3(CCN(C(=O)OC(C)(C)C)C3)C1)C(=O)N1CCC[C@H](N1)C(=O)OCC(C)(C)C2. The molecule has 2 aromatic heterocycles. The Hall–Kier alpha value is -5.34.